The number of piperidine rings is 1. The molecule has 2 N–H and O–H groups in total. The zero-order valence-electron chi connectivity index (χ0n) is 6.13. The summed E-state index contributed by atoms with van der Waals surface area (Å²) in [4.78, 5) is 10.5. The predicted octanol–water partition coefficient (Wildman–Crippen LogP) is 0.317. The lowest BCUT2D eigenvalue weighted by Gasteiger charge is -2.25. The van der Waals surface area contributed by atoms with Crippen LogP contribution in [0.2, 0.25) is 0 Å². The second kappa shape index (κ2) is 3.01. The molecule has 0 radical (unpaired) electrons. The minimum Gasteiger partial charge on any atom is -0.481 e. The van der Waals surface area contributed by atoms with Crippen molar-refractivity contribution in [2.24, 2.45) is 11.8 Å². The first-order chi connectivity index (χ1) is 4.72. The lowest BCUT2D eigenvalue weighted by atomic mass is 9.88. The Morgan fingerprint density at radius 3 is 2.80 bits per heavy atom. The van der Waals surface area contributed by atoms with Gasteiger partial charge in [-0.25, -0.2) is 0 Å². The van der Waals surface area contributed by atoms with Gasteiger partial charge in [-0.3, -0.25) is 4.79 Å². The van der Waals surface area contributed by atoms with Crippen molar-refractivity contribution in [1.29, 1.82) is 0 Å². The highest BCUT2D eigenvalue weighted by atomic mass is 16.4. The van der Waals surface area contributed by atoms with Crippen molar-refractivity contribution >= 4 is 5.97 Å². The number of carboxylic acid groups (broad SMARTS) is 1. The largest absolute Gasteiger partial charge is 0.481 e. The Morgan fingerprint density at radius 2 is 2.40 bits per heavy atom. The molecular weight excluding hydrogens is 130 g/mol. The van der Waals surface area contributed by atoms with Crippen LogP contribution in [-0.2, 0) is 4.79 Å². The van der Waals surface area contributed by atoms with Gasteiger partial charge in [0.1, 0.15) is 0 Å². The number of aliphatic carboxylic acids is 1. The van der Waals surface area contributed by atoms with Crippen LogP contribution in [0.3, 0.4) is 0 Å². The van der Waals surface area contributed by atoms with E-state index in [4.69, 9.17) is 5.11 Å². The van der Waals surface area contributed by atoms with Crippen LogP contribution in [0.1, 0.15) is 13.3 Å². The Hall–Kier alpha value is -0.570. The van der Waals surface area contributed by atoms with E-state index < -0.39 is 5.97 Å². The summed E-state index contributed by atoms with van der Waals surface area (Å²) in [5.41, 5.74) is 0. The summed E-state index contributed by atoms with van der Waals surface area (Å²) in [5, 5.41) is 11.7. The molecule has 1 fully saturated rings. The van der Waals surface area contributed by atoms with Gasteiger partial charge < -0.3 is 10.4 Å². The highest BCUT2D eigenvalue weighted by Crippen LogP contribution is 2.17. The summed E-state index contributed by atoms with van der Waals surface area (Å²) < 4.78 is 0. The zero-order chi connectivity index (χ0) is 7.56. The number of carbonyl (C=O) groups is 1. The fraction of sp³-hybridized carbons (Fsp3) is 0.857. The maximum Gasteiger partial charge on any atom is 0.308 e. The molecule has 0 aromatic heterocycles. The van der Waals surface area contributed by atoms with Gasteiger partial charge in [0.15, 0.2) is 0 Å². The summed E-state index contributed by atoms with van der Waals surface area (Å²) in [7, 11) is 0. The molecule has 1 saturated heterocycles. The van der Waals surface area contributed by atoms with Gasteiger partial charge in [0, 0.05) is 6.54 Å². The third-order valence-electron chi connectivity index (χ3n) is 2.14. The second-order valence-corrected chi connectivity index (χ2v) is 2.91. The molecule has 0 aromatic carbocycles. The van der Waals surface area contributed by atoms with Crippen LogP contribution in [0.25, 0.3) is 0 Å². The molecule has 3 nitrogen and oxygen atoms in total. The van der Waals surface area contributed by atoms with Gasteiger partial charge in [0.25, 0.3) is 0 Å². The van der Waals surface area contributed by atoms with Gasteiger partial charge >= 0.3 is 5.97 Å². The molecular formula is C7H13NO2. The summed E-state index contributed by atoms with van der Waals surface area (Å²) in [5.74, 6) is -0.507. The number of hydrogen-bond donors (Lipinski definition) is 2. The summed E-state index contributed by atoms with van der Waals surface area (Å²) >= 11 is 0. The molecule has 0 aliphatic carbocycles. The molecule has 3 heteroatoms. The first kappa shape index (κ1) is 7.54. The van der Waals surface area contributed by atoms with E-state index in [2.05, 4.69) is 5.32 Å². The maximum absolute atomic E-state index is 10.5. The van der Waals surface area contributed by atoms with Crippen LogP contribution in [0.5, 0.6) is 0 Å². The molecule has 0 saturated carbocycles. The van der Waals surface area contributed by atoms with Crippen molar-refractivity contribution in [3.63, 3.8) is 0 Å². The van der Waals surface area contributed by atoms with Gasteiger partial charge in [0.2, 0.25) is 0 Å². The van der Waals surface area contributed by atoms with E-state index in [1.165, 1.54) is 0 Å². The van der Waals surface area contributed by atoms with Crippen LogP contribution < -0.4 is 5.32 Å². The summed E-state index contributed by atoms with van der Waals surface area (Å²) in [6, 6.07) is 0. The van der Waals surface area contributed by atoms with Crippen molar-refractivity contribution < 1.29 is 9.90 Å². The molecule has 0 bridgehead atoms. The molecule has 0 amide bonds. The topological polar surface area (TPSA) is 49.3 Å². The normalized spacial score (nSPS) is 33.7. The van der Waals surface area contributed by atoms with Crippen LogP contribution in [-0.4, -0.2) is 24.2 Å². The molecule has 1 aliphatic heterocycles. The van der Waals surface area contributed by atoms with Crippen molar-refractivity contribution in [3.8, 4) is 0 Å². The Morgan fingerprint density at radius 1 is 1.70 bits per heavy atom. The fourth-order valence-corrected chi connectivity index (χ4v) is 1.32. The molecule has 0 aromatic rings. The number of carboxylic acids is 1. The monoisotopic (exact) mass is 143 g/mol. The highest BCUT2D eigenvalue weighted by molar-refractivity contribution is 5.70. The summed E-state index contributed by atoms with van der Waals surface area (Å²) in [6.45, 7) is 3.60. The van der Waals surface area contributed by atoms with Crippen LogP contribution in [0.4, 0.5) is 0 Å². The predicted molar refractivity (Wildman–Crippen MR) is 37.8 cm³/mol. The van der Waals surface area contributed by atoms with Gasteiger partial charge in [-0.1, -0.05) is 6.92 Å². The van der Waals surface area contributed by atoms with Gasteiger partial charge in [-0.2, -0.15) is 0 Å². The lowest BCUT2D eigenvalue weighted by molar-refractivity contribution is -0.143. The molecule has 1 aliphatic rings. The smallest absolute Gasteiger partial charge is 0.308 e. The lowest BCUT2D eigenvalue weighted by Crippen LogP contribution is -2.39. The fourth-order valence-electron chi connectivity index (χ4n) is 1.32. The van der Waals surface area contributed by atoms with E-state index in [0.717, 1.165) is 13.0 Å². The molecule has 2 atom stereocenters. The molecule has 10 heavy (non-hydrogen) atoms. The van der Waals surface area contributed by atoms with Crippen molar-refractivity contribution in [3.05, 3.63) is 0 Å². The van der Waals surface area contributed by atoms with E-state index >= 15 is 0 Å². The highest BCUT2D eigenvalue weighted by Gasteiger charge is 2.26. The minimum atomic E-state index is -0.667. The average Bonchev–Trinajstić information content (AvgIpc) is 1.88. The average molecular weight is 143 g/mol. The quantitative estimate of drug-likeness (QED) is 0.555. The van der Waals surface area contributed by atoms with Crippen molar-refractivity contribution in [1.82, 2.24) is 5.32 Å². The SMILES string of the molecule is C[C@H]1CCNCC1C(=O)O. The second-order valence-electron chi connectivity index (χ2n) is 2.91. The van der Waals surface area contributed by atoms with Crippen LogP contribution in [0.15, 0.2) is 0 Å². The minimum absolute atomic E-state index is 0.172. The first-order valence-electron chi connectivity index (χ1n) is 3.65. The van der Waals surface area contributed by atoms with Crippen molar-refractivity contribution in [2.75, 3.05) is 13.1 Å². The zero-order valence-corrected chi connectivity index (χ0v) is 6.13. The van der Waals surface area contributed by atoms with E-state index in [9.17, 15) is 4.79 Å². The molecule has 58 valence electrons. The first-order valence-corrected chi connectivity index (χ1v) is 3.65. The van der Waals surface area contributed by atoms with E-state index in [1.54, 1.807) is 0 Å². The standard InChI is InChI=1S/C7H13NO2/c1-5-2-3-8-4-6(5)7(9)10/h5-6,8H,2-4H2,1H3,(H,9,10)/t5-,6?/m0/s1. The van der Waals surface area contributed by atoms with Gasteiger partial charge in [-0.05, 0) is 18.9 Å². The number of nitrogens with one attached hydrogen (secondary N) is 1. The molecule has 1 rings (SSSR count). The van der Waals surface area contributed by atoms with Crippen molar-refractivity contribution in [2.45, 2.75) is 13.3 Å². The summed E-state index contributed by atoms with van der Waals surface area (Å²) in [6.07, 6.45) is 0.983. The van der Waals surface area contributed by atoms with E-state index in [1.807, 2.05) is 6.92 Å². The van der Waals surface area contributed by atoms with E-state index in [-0.39, 0.29) is 5.92 Å². The van der Waals surface area contributed by atoms with Crippen LogP contribution in [0, 0.1) is 11.8 Å². The number of hydrogen-bond acceptors (Lipinski definition) is 2. The molecule has 1 unspecified atom stereocenters. The van der Waals surface area contributed by atoms with E-state index in [0.29, 0.717) is 12.5 Å². The Balaban J connectivity index is 2.47. The third kappa shape index (κ3) is 1.48. The third-order valence-corrected chi connectivity index (χ3v) is 2.14. The Labute approximate surface area is 60.4 Å². The Kier molecular flexibility index (Phi) is 2.27. The maximum atomic E-state index is 10.5. The molecule has 1 heterocycles. The molecule has 0 spiro atoms. The van der Waals surface area contributed by atoms with Gasteiger partial charge in [-0.15, -0.1) is 0 Å². The number of rotatable bonds is 1. The Bertz CT molecular complexity index is 136. The van der Waals surface area contributed by atoms with Crippen LogP contribution >= 0.6 is 0 Å². The van der Waals surface area contributed by atoms with Gasteiger partial charge in [0.05, 0.1) is 5.92 Å².